The van der Waals surface area contributed by atoms with Gasteiger partial charge in [0.1, 0.15) is 0 Å². The molecule has 4 heteroatoms. The van der Waals surface area contributed by atoms with Crippen molar-refractivity contribution in [1.82, 2.24) is 14.5 Å². The maximum absolute atomic E-state index is 11.8. The van der Waals surface area contributed by atoms with Crippen LogP contribution in [0.5, 0.6) is 0 Å². The molecule has 0 unspecified atom stereocenters. The van der Waals surface area contributed by atoms with Crippen molar-refractivity contribution >= 4 is 0 Å². The summed E-state index contributed by atoms with van der Waals surface area (Å²) in [6, 6.07) is 1.22. The summed E-state index contributed by atoms with van der Waals surface area (Å²) in [5.41, 5.74) is 0.162. The molecule has 0 spiro atoms. The number of nitrogens with one attached hydrogen (secondary N) is 1. The van der Waals surface area contributed by atoms with Crippen molar-refractivity contribution in [2.45, 2.75) is 44.3 Å². The molecule has 0 bridgehead atoms. The third-order valence-corrected chi connectivity index (χ3v) is 3.18. The van der Waals surface area contributed by atoms with Gasteiger partial charge in [0.25, 0.3) is 0 Å². The summed E-state index contributed by atoms with van der Waals surface area (Å²) >= 11 is 0. The number of rotatable bonds is 5. The van der Waals surface area contributed by atoms with Crippen LogP contribution in [0.2, 0.25) is 0 Å². The van der Waals surface area contributed by atoms with Crippen LogP contribution in [0.15, 0.2) is 17.2 Å². The smallest absolute Gasteiger partial charge is 0.312 e. The van der Waals surface area contributed by atoms with E-state index in [1.54, 1.807) is 0 Å². The highest BCUT2D eigenvalue weighted by Gasteiger charge is 2.25. The van der Waals surface area contributed by atoms with Crippen LogP contribution in [0.3, 0.4) is 0 Å². The van der Waals surface area contributed by atoms with E-state index in [-0.39, 0.29) is 5.69 Å². The molecule has 3 rings (SSSR count). The van der Waals surface area contributed by atoms with Crippen LogP contribution in [0.25, 0.3) is 0 Å². The summed E-state index contributed by atoms with van der Waals surface area (Å²) < 4.78 is 3.69. The molecule has 0 radical (unpaired) electrons. The Morgan fingerprint density at radius 3 is 2.73 bits per heavy atom. The Kier molecular flexibility index (Phi) is 2.16. The van der Waals surface area contributed by atoms with E-state index < -0.39 is 0 Å². The highest BCUT2D eigenvalue weighted by Crippen LogP contribution is 2.33. The molecule has 4 nitrogen and oxygen atoms in total. The first-order valence-electron chi connectivity index (χ1n) is 5.85. The van der Waals surface area contributed by atoms with E-state index in [0.29, 0.717) is 6.04 Å². The normalized spacial score (nSPS) is 20.8. The van der Waals surface area contributed by atoms with Crippen molar-refractivity contribution in [2.75, 3.05) is 6.54 Å². The van der Waals surface area contributed by atoms with Gasteiger partial charge in [-0.25, -0.2) is 4.79 Å². The van der Waals surface area contributed by atoms with Crippen molar-refractivity contribution in [3.05, 3.63) is 22.9 Å². The fraction of sp³-hybridized carbons (Fsp3) is 0.727. The largest absolute Gasteiger partial charge is 0.328 e. The molecule has 0 saturated heterocycles. The number of hydrogen-bond donors (Lipinski definition) is 1. The fourth-order valence-corrected chi connectivity index (χ4v) is 1.91. The Morgan fingerprint density at radius 2 is 2.07 bits per heavy atom. The van der Waals surface area contributed by atoms with Gasteiger partial charge >= 0.3 is 5.69 Å². The molecule has 1 N–H and O–H groups in total. The molecule has 1 aromatic heterocycles. The molecule has 15 heavy (non-hydrogen) atoms. The van der Waals surface area contributed by atoms with Gasteiger partial charge in [0.05, 0.1) is 0 Å². The molecule has 2 saturated carbocycles. The topological polar surface area (TPSA) is 39.0 Å². The molecule has 0 atom stereocenters. The minimum atomic E-state index is 0.162. The lowest BCUT2D eigenvalue weighted by atomic mass is 10.5. The molecular weight excluding hydrogens is 190 g/mol. The number of aromatic nitrogens is 2. The van der Waals surface area contributed by atoms with Crippen LogP contribution in [0.4, 0.5) is 0 Å². The number of nitrogens with zero attached hydrogens (tertiary/aromatic N) is 2. The third kappa shape index (κ3) is 2.00. The standard InChI is InChI=1S/C11H17N3O/c15-11-13(6-5-12-9-1-2-9)7-8-14(11)10-3-4-10/h7-10,12H,1-6H2. The Hall–Kier alpha value is -1.03. The second-order valence-corrected chi connectivity index (χ2v) is 4.64. The Bertz CT molecular complexity index is 398. The fourth-order valence-electron chi connectivity index (χ4n) is 1.91. The van der Waals surface area contributed by atoms with Gasteiger partial charge in [-0.05, 0) is 25.7 Å². The van der Waals surface area contributed by atoms with Crippen LogP contribution >= 0.6 is 0 Å². The lowest BCUT2D eigenvalue weighted by Gasteiger charge is -2.02. The molecule has 1 aromatic rings. The summed E-state index contributed by atoms with van der Waals surface area (Å²) in [6.07, 6.45) is 8.79. The molecule has 0 aromatic carbocycles. The molecule has 2 aliphatic rings. The molecule has 2 fully saturated rings. The van der Waals surface area contributed by atoms with Crippen molar-refractivity contribution in [2.24, 2.45) is 0 Å². The maximum Gasteiger partial charge on any atom is 0.328 e. The molecule has 0 aliphatic heterocycles. The summed E-state index contributed by atoms with van der Waals surface area (Å²) in [5, 5.41) is 3.42. The van der Waals surface area contributed by atoms with Crippen LogP contribution in [-0.2, 0) is 6.54 Å². The highest BCUT2D eigenvalue weighted by molar-refractivity contribution is 4.91. The van der Waals surface area contributed by atoms with E-state index in [4.69, 9.17) is 0 Å². The number of hydrogen-bond acceptors (Lipinski definition) is 2. The van der Waals surface area contributed by atoms with Crippen LogP contribution < -0.4 is 11.0 Å². The van der Waals surface area contributed by atoms with Gasteiger partial charge in [-0.1, -0.05) is 0 Å². The van der Waals surface area contributed by atoms with Gasteiger partial charge < -0.3 is 5.32 Å². The van der Waals surface area contributed by atoms with Gasteiger partial charge in [-0.3, -0.25) is 9.13 Å². The van der Waals surface area contributed by atoms with Crippen molar-refractivity contribution in [1.29, 1.82) is 0 Å². The quantitative estimate of drug-likeness (QED) is 0.773. The predicted octanol–water partition coefficient (Wildman–Crippen LogP) is 0.737. The van der Waals surface area contributed by atoms with Crippen molar-refractivity contribution in [3.8, 4) is 0 Å². The third-order valence-electron chi connectivity index (χ3n) is 3.18. The minimum absolute atomic E-state index is 0.162. The second-order valence-electron chi connectivity index (χ2n) is 4.64. The molecule has 82 valence electrons. The molecule has 1 heterocycles. The van der Waals surface area contributed by atoms with E-state index in [1.165, 1.54) is 25.7 Å². The predicted molar refractivity (Wildman–Crippen MR) is 58.0 cm³/mol. The zero-order valence-electron chi connectivity index (χ0n) is 8.85. The molecule has 0 amide bonds. The van der Waals surface area contributed by atoms with E-state index in [9.17, 15) is 4.79 Å². The first kappa shape index (κ1) is 9.21. The summed E-state index contributed by atoms with van der Waals surface area (Å²) in [4.78, 5) is 11.8. The van der Waals surface area contributed by atoms with Gasteiger partial charge in [-0.15, -0.1) is 0 Å². The average molecular weight is 207 g/mol. The van der Waals surface area contributed by atoms with E-state index in [2.05, 4.69) is 5.32 Å². The van der Waals surface area contributed by atoms with E-state index in [1.807, 2.05) is 21.5 Å². The van der Waals surface area contributed by atoms with Crippen molar-refractivity contribution in [3.63, 3.8) is 0 Å². The van der Waals surface area contributed by atoms with Gasteiger partial charge in [0.2, 0.25) is 0 Å². The van der Waals surface area contributed by atoms with Gasteiger partial charge in [0.15, 0.2) is 0 Å². The van der Waals surface area contributed by atoms with Crippen molar-refractivity contribution < 1.29 is 0 Å². The zero-order chi connectivity index (χ0) is 10.3. The minimum Gasteiger partial charge on any atom is -0.312 e. The molecular formula is C11H17N3O. The number of imidazole rings is 1. The van der Waals surface area contributed by atoms with Gasteiger partial charge in [-0.2, -0.15) is 0 Å². The second kappa shape index (κ2) is 3.52. The maximum atomic E-state index is 11.8. The van der Waals surface area contributed by atoms with E-state index in [0.717, 1.165) is 19.1 Å². The zero-order valence-corrected chi connectivity index (χ0v) is 8.85. The average Bonchev–Trinajstić information content (AvgIpc) is 3.11. The molecule has 2 aliphatic carbocycles. The highest BCUT2D eigenvalue weighted by atomic mass is 16.1. The van der Waals surface area contributed by atoms with Crippen LogP contribution in [0.1, 0.15) is 31.7 Å². The lowest BCUT2D eigenvalue weighted by molar-refractivity contribution is 0.566. The first-order valence-corrected chi connectivity index (χ1v) is 5.85. The van der Waals surface area contributed by atoms with Crippen LogP contribution in [0, 0.1) is 0 Å². The Labute approximate surface area is 88.9 Å². The van der Waals surface area contributed by atoms with Crippen LogP contribution in [-0.4, -0.2) is 21.7 Å². The monoisotopic (exact) mass is 207 g/mol. The lowest BCUT2D eigenvalue weighted by Crippen LogP contribution is -2.29. The SMILES string of the molecule is O=c1n(CCNC2CC2)ccn1C1CC1. The Morgan fingerprint density at radius 1 is 1.27 bits per heavy atom. The summed E-state index contributed by atoms with van der Waals surface area (Å²) in [7, 11) is 0. The summed E-state index contributed by atoms with van der Waals surface area (Å²) in [6.45, 7) is 1.72. The van der Waals surface area contributed by atoms with E-state index >= 15 is 0 Å². The summed E-state index contributed by atoms with van der Waals surface area (Å²) in [5.74, 6) is 0. The Balaban J connectivity index is 1.60. The van der Waals surface area contributed by atoms with Gasteiger partial charge in [0, 0.05) is 37.6 Å². The first-order chi connectivity index (χ1) is 7.34.